The first-order valence-electron chi connectivity index (χ1n) is 16.9. The van der Waals surface area contributed by atoms with Crippen LogP contribution in [0, 0.1) is 0 Å². The van der Waals surface area contributed by atoms with Crippen molar-refractivity contribution in [3.05, 3.63) is 109 Å². The van der Waals surface area contributed by atoms with Crippen molar-refractivity contribution in [2.75, 3.05) is 9.80 Å². The van der Waals surface area contributed by atoms with Crippen LogP contribution in [0.25, 0.3) is 11.1 Å². The fourth-order valence-corrected chi connectivity index (χ4v) is 6.71. The summed E-state index contributed by atoms with van der Waals surface area (Å²) in [5.41, 5.74) is 9.26. The van der Waals surface area contributed by atoms with Crippen LogP contribution in [-0.4, -0.2) is 16.1 Å². The molecule has 2 unspecified atom stereocenters. The summed E-state index contributed by atoms with van der Waals surface area (Å²) in [6.45, 7) is 28.6. The lowest BCUT2D eigenvalue weighted by Crippen LogP contribution is -2.37. The molecule has 0 saturated carbocycles. The van der Waals surface area contributed by atoms with E-state index in [0.29, 0.717) is 11.8 Å². The van der Waals surface area contributed by atoms with Crippen LogP contribution in [0.1, 0.15) is 117 Å². The molecule has 0 fully saturated rings. The average Bonchev–Trinajstić information content (AvgIpc) is 3.37. The van der Waals surface area contributed by atoms with Crippen LogP contribution in [0.2, 0.25) is 0 Å². The van der Waals surface area contributed by atoms with E-state index in [1.807, 2.05) is 26.2 Å². The molecule has 2 heterocycles. The molecule has 45 heavy (non-hydrogen) atoms. The summed E-state index contributed by atoms with van der Waals surface area (Å²) >= 11 is 0. The molecule has 0 bridgehead atoms. The van der Waals surface area contributed by atoms with Crippen molar-refractivity contribution in [3.63, 3.8) is 0 Å². The Bertz CT molecular complexity index is 1480. The minimum Gasteiger partial charge on any atom is -0.302 e. The zero-order chi connectivity index (χ0) is 33.3. The van der Waals surface area contributed by atoms with Crippen LogP contribution in [-0.2, 0) is 5.41 Å². The van der Waals surface area contributed by atoms with Gasteiger partial charge in [0.15, 0.2) is 11.6 Å². The highest BCUT2D eigenvalue weighted by molar-refractivity contribution is 5.87. The van der Waals surface area contributed by atoms with Crippen LogP contribution in [0.4, 0.5) is 23.0 Å². The summed E-state index contributed by atoms with van der Waals surface area (Å²) in [7, 11) is 0. The van der Waals surface area contributed by atoms with Crippen molar-refractivity contribution in [1.29, 1.82) is 0 Å². The Balaban J connectivity index is 0.00000133. The monoisotopic (exact) mass is 604 g/mol. The second-order valence-corrected chi connectivity index (χ2v) is 12.4. The Kier molecular flexibility index (Phi) is 12.6. The maximum atomic E-state index is 4.95. The number of fused-ring (bicyclic) bond motifs is 1. The summed E-state index contributed by atoms with van der Waals surface area (Å²) in [4.78, 5) is 14.6. The number of rotatable bonds is 9. The van der Waals surface area contributed by atoms with Gasteiger partial charge in [0.05, 0.1) is 0 Å². The van der Waals surface area contributed by atoms with E-state index in [9.17, 15) is 0 Å². The largest absolute Gasteiger partial charge is 0.302 e. The third-order valence-corrected chi connectivity index (χ3v) is 9.05. The molecule has 2 atom stereocenters. The smallest absolute Gasteiger partial charge is 0.178 e. The van der Waals surface area contributed by atoms with E-state index >= 15 is 0 Å². The van der Waals surface area contributed by atoms with E-state index in [-0.39, 0.29) is 11.6 Å². The molecular formula is C41H56N4. The van der Waals surface area contributed by atoms with Crippen molar-refractivity contribution in [2.45, 2.75) is 112 Å². The van der Waals surface area contributed by atoms with Crippen LogP contribution in [0.5, 0.6) is 0 Å². The standard InChI is InChI=1S/C37H46N4.C2H6.C2H4/c1-9-21-37(8,10-2)32-20-19-28(34-30(25(3)4)17-14-18-31(34)26(5)6)24-33(32)41-27(7)40(29-15-12-11-13-16-29)35-36(41)39-23-22-38-35;2*1-2/h11-20,22-27H,9-10,21H2,1-8H3;1-2H3;1-2H2. The van der Waals surface area contributed by atoms with Gasteiger partial charge < -0.3 is 9.80 Å². The van der Waals surface area contributed by atoms with E-state index in [1.54, 1.807) is 0 Å². The van der Waals surface area contributed by atoms with Crippen molar-refractivity contribution in [2.24, 2.45) is 0 Å². The van der Waals surface area contributed by atoms with E-state index < -0.39 is 0 Å². The van der Waals surface area contributed by atoms with E-state index in [1.165, 1.54) is 33.5 Å². The third kappa shape index (κ3) is 7.01. The van der Waals surface area contributed by atoms with E-state index in [4.69, 9.17) is 9.97 Å². The van der Waals surface area contributed by atoms with Gasteiger partial charge in [-0.15, -0.1) is 13.2 Å². The second kappa shape index (κ2) is 15.9. The fraction of sp³-hybridized carbons (Fsp3) is 0.415. The first kappa shape index (κ1) is 35.6. The van der Waals surface area contributed by atoms with Crippen molar-refractivity contribution < 1.29 is 0 Å². The lowest BCUT2D eigenvalue weighted by atomic mass is 9.74. The molecule has 5 rings (SSSR count). The van der Waals surface area contributed by atoms with Gasteiger partial charge in [-0.2, -0.15) is 0 Å². The highest BCUT2D eigenvalue weighted by Crippen LogP contribution is 2.50. The van der Waals surface area contributed by atoms with E-state index in [2.05, 4.69) is 145 Å². The van der Waals surface area contributed by atoms with Crippen molar-refractivity contribution in [3.8, 4) is 11.1 Å². The highest BCUT2D eigenvalue weighted by Gasteiger charge is 2.40. The van der Waals surface area contributed by atoms with Gasteiger partial charge >= 0.3 is 0 Å². The molecule has 0 radical (unpaired) electrons. The predicted molar refractivity (Wildman–Crippen MR) is 197 cm³/mol. The van der Waals surface area contributed by atoms with Gasteiger partial charge in [-0.05, 0) is 83.0 Å². The Morgan fingerprint density at radius 1 is 0.778 bits per heavy atom. The second-order valence-electron chi connectivity index (χ2n) is 12.4. The van der Waals surface area contributed by atoms with Crippen LogP contribution < -0.4 is 9.80 Å². The predicted octanol–water partition coefficient (Wildman–Crippen LogP) is 12.3. The van der Waals surface area contributed by atoms with Crippen LogP contribution in [0.3, 0.4) is 0 Å². The van der Waals surface area contributed by atoms with Gasteiger partial charge in [0, 0.05) is 23.8 Å². The number of hydrogen-bond acceptors (Lipinski definition) is 4. The molecule has 1 aliphatic heterocycles. The number of anilines is 4. The molecule has 240 valence electrons. The minimum atomic E-state index is 0.0106. The van der Waals surface area contributed by atoms with Gasteiger partial charge in [0.25, 0.3) is 0 Å². The fourth-order valence-electron chi connectivity index (χ4n) is 6.71. The molecule has 0 amide bonds. The molecule has 0 spiro atoms. The minimum absolute atomic E-state index is 0.0106. The first-order valence-corrected chi connectivity index (χ1v) is 16.9. The third-order valence-electron chi connectivity index (χ3n) is 9.05. The summed E-state index contributed by atoms with van der Waals surface area (Å²) in [6, 6.07) is 24.7. The number of para-hydroxylation sites is 1. The lowest BCUT2D eigenvalue weighted by molar-refractivity contribution is 0.414. The van der Waals surface area contributed by atoms with E-state index in [0.717, 1.165) is 36.6 Å². The maximum absolute atomic E-state index is 4.95. The van der Waals surface area contributed by atoms with Gasteiger partial charge in [-0.3, -0.25) is 0 Å². The summed E-state index contributed by atoms with van der Waals surface area (Å²) in [5.74, 6) is 2.68. The van der Waals surface area contributed by atoms with Crippen molar-refractivity contribution >= 4 is 23.0 Å². The zero-order valence-corrected chi connectivity index (χ0v) is 29.6. The topological polar surface area (TPSA) is 32.3 Å². The quantitative estimate of drug-likeness (QED) is 0.178. The van der Waals surface area contributed by atoms with Crippen molar-refractivity contribution in [1.82, 2.24) is 9.97 Å². The molecule has 0 N–H and O–H groups in total. The molecule has 3 aromatic carbocycles. The highest BCUT2D eigenvalue weighted by atomic mass is 15.5. The maximum Gasteiger partial charge on any atom is 0.178 e. The molecule has 4 nitrogen and oxygen atoms in total. The Hall–Kier alpha value is -3.92. The molecule has 0 saturated heterocycles. The van der Waals surface area contributed by atoms with Gasteiger partial charge in [0.1, 0.15) is 6.17 Å². The summed E-state index contributed by atoms with van der Waals surface area (Å²) < 4.78 is 0. The van der Waals surface area contributed by atoms with Gasteiger partial charge in [0.2, 0.25) is 0 Å². The van der Waals surface area contributed by atoms with Gasteiger partial charge in [-0.25, -0.2) is 9.97 Å². The number of nitrogens with zero attached hydrogens (tertiary/aromatic N) is 4. The average molecular weight is 605 g/mol. The number of aromatic nitrogens is 2. The number of hydrogen-bond donors (Lipinski definition) is 0. The first-order chi connectivity index (χ1) is 21.7. The van der Waals surface area contributed by atoms with Crippen LogP contribution in [0.15, 0.2) is 92.3 Å². The molecule has 4 heteroatoms. The normalized spacial score (nSPS) is 15.2. The summed E-state index contributed by atoms with van der Waals surface area (Å²) in [5, 5.41) is 0. The molecule has 1 aliphatic rings. The van der Waals surface area contributed by atoms with Gasteiger partial charge in [-0.1, -0.05) is 117 Å². The molecule has 1 aromatic heterocycles. The molecular weight excluding hydrogens is 548 g/mol. The Labute approximate surface area is 274 Å². The zero-order valence-electron chi connectivity index (χ0n) is 29.6. The SMILES string of the molecule is C=C.CC.CCCC(C)(CC)c1ccc(-c2c(C(C)C)cccc2C(C)C)cc1N1c2nccnc2N(c2ccccc2)C1C. The summed E-state index contributed by atoms with van der Waals surface area (Å²) in [6.07, 6.45) is 6.99. The van der Waals surface area contributed by atoms with Crippen LogP contribution >= 0.6 is 0 Å². The Morgan fingerprint density at radius 2 is 1.33 bits per heavy atom. The lowest BCUT2D eigenvalue weighted by Gasteiger charge is -2.36. The molecule has 0 aliphatic carbocycles. The number of benzene rings is 3. The molecule has 4 aromatic rings. The Morgan fingerprint density at radius 3 is 1.84 bits per heavy atom.